The quantitative estimate of drug-likeness (QED) is 0.421. The molecule has 0 N–H and O–H groups in total. The number of benzene rings is 3. The average molecular weight is 384 g/mol. The van der Waals surface area contributed by atoms with Crippen LogP contribution in [0.25, 0.3) is 44.4 Å². The Kier molecular flexibility index (Phi) is 4.05. The van der Waals surface area contributed by atoms with E-state index < -0.39 is 0 Å². The highest BCUT2D eigenvalue weighted by Gasteiger charge is 2.18. The first-order valence-corrected chi connectivity index (χ1v) is 8.99. The van der Waals surface area contributed by atoms with Gasteiger partial charge in [-0.15, -0.1) is 4.98 Å². The third-order valence-electron chi connectivity index (χ3n) is 4.72. The Hall–Kier alpha value is -4.00. The summed E-state index contributed by atoms with van der Waals surface area (Å²) in [5, 5.41) is 8.77. The Morgan fingerprint density at radius 2 is 1.31 bits per heavy atom. The van der Waals surface area contributed by atoms with Gasteiger partial charge < -0.3 is 14.0 Å². The second kappa shape index (κ2) is 6.87. The second-order valence-electron chi connectivity index (χ2n) is 6.40. The van der Waals surface area contributed by atoms with Crippen LogP contribution in [0.1, 0.15) is 0 Å². The molecule has 0 saturated carbocycles. The van der Waals surface area contributed by atoms with Crippen LogP contribution in [0.15, 0.2) is 65.2 Å². The molecule has 7 heteroatoms. The Morgan fingerprint density at radius 1 is 0.724 bits per heavy atom. The first kappa shape index (κ1) is 17.1. The highest BCUT2D eigenvalue weighted by molar-refractivity contribution is 6.12. The molecule has 2 heterocycles. The van der Waals surface area contributed by atoms with Crippen molar-refractivity contribution in [3.05, 3.63) is 60.7 Å². The van der Waals surface area contributed by atoms with E-state index in [4.69, 9.17) is 14.0 Å². The van der Waals surface area contributed by atoms with Gasteiger partial charge in [0.15, 0.2) is 0 Å². The molecule has 5 aromatic rings. The van der Waals surface area contributed by atoms with Crippen LogP contribution in [0.4, 0.5) is 0 Å². The van der Waals surface area contributed by atoms with E-state index >= 15 is 0 Å². The zero-order chi connectivity index (χ0) is 19.8. The molecule has 0 aliphatic rings. The third kappa shape index (κ3) is 2.93. The van der Waals surface area contributed by atoms with Gasteiger partial charge in [-0.1, -0.05) is 53.7 Å². The molecule has 0 fully saturated rings. The molecule has 0 bridgehead atoms. The molecule has 5 rings (SSSR count). The van der Waals surface area contributed by atoms with E-state index in [1.165, 1.54) is 14.2 Å². The summed E-state index contributed by atoms with van der Waals surface area (Å²) in [5.74, 6) is 0.688. The average Bonchev–Trinajstić information content (AvgIpc) is 3.26. The van der Waals surface area contributed by atoms with Crippen molar-refractivity contribution in [3.63, 3.8) is 0 Å². The van der Waals surface area contributed by atoms with E-state index in [9.17, 15) is 0 Å². The predicted molar refractivity (Wildman–Crippen MR) is 109 cm³/mol. The fourth-order valence-corrected chi connectivity index (χ4v) is 3.42. The zero-order valence-corrected chi connectivity index (χ0v) is 15.8. The maximum atomic E-state index is 5.59. The number of nitrogens with zero attached hydrogens (tertiary/aromatic N) is 4. The molecular weight excluding hydrogens is 368 g/mol. The van der Waals surface area contributed by atoms with Gasteiger partial charge in [0.1, 0.15) is 5.69 Å². The van der Waals surface area contributed by atoms with Crippen LogP contribution in [0.2, 0.25) is 0 Å². The molecule has 0 aliphatic carbocycles. The minimum Gasteiger partial charge on any atom is -0.467 e. The van der Waals surface area contributed by atoms with Crippen molar-refractivity contribution in [1.29, 1.82) is 0 Å². The summed E-state index contributed by atoms with van der Waals surface area (Å²) in [5.41, 5.74) is 1.70. The molecule has 0 unspecified atom stereocenters. The topological polar surface area (TPSA) is 83.2 Å². The van der Waals surface area contributed by atoms with E-state index in [0.29, 0.717) is 11.5 Å². The lowest BCUT2D eigenvalue weighted by Crippen LogP contribution is -2.00. The van der Waals surface area contributed by atoms with Crippen molar-refractivity contribution in [2.24, 2.45) is 0 Å². The predicted octanol–water partition coefficient (Wildman–Crippen LogP) is 4.52. The first-order chi connectivity index (χ1) is 14.3. The standard InChI is InChI=1S/C22H16N4O3/c1-27-21-23-20(24-22(25-21)28-2)18-12-17(26-29-18)19-15-9-5-3-7-13(15)11-14-8-4-6-10-16(14)19/h3-12H,1-2H3. The number of hydrogen-bond donors (Lipinski definition) is 0. The van der Waals surface area contributed by atoms with Crippen LogP contribution in [-0.2, 0) is 0 Å². The van der Waals surface area contributed by atoms with Gasteiger partial charge in [0.05, 0.1) is 14.2 Å². The monoisotopic (exact) mass is 384 g/mol. The van der Waals surface area contributed by atoms with E-state index in [0.717, 1.165) is 27.1 Å². The van der Waals surface area contributed by atoms with Crippen molar-refractivity contribution in [1.82, 2.24) is 20.1 Å². The zero-order valence-electron chi connectivity index (χ0n) is 15.8. The lowest BCUT2D eigenvalue weighted by atomic mass is 9.95. The summed E-state index contributed by atoms with van der Waals surface area (Å²) < 4.78 is 15.8. The number of rotatable bonds is 4. The summed E-state index contributed by atoms with van der Waals surface area (Å²) >= 11 is 0. The molecule has 3 aromatic carbocycles. The molecule has 0 amide bonds. The van der Waals surface area contributed by atoms with Gasteiger partial charge in [-0.25, -0.2) is 0 Å². The largest absolute Gasteiger partial charge is 0.467 e. The molecule has 0 saturated heterocycles. The van der Waals surface area contributed by atoms with Crippen molar-refractivity contribution in [2.45, 2.75) is 0 Å². The Morgan fingerprint density at radius 3 is 1.90 bits per heavy atom. The van der Waals surface area contributed by atoms with E-state index in [1.807, 2.05) is 30.3 Å². The first-order valence-electron chi connectivity index (χ1n) is 8.99. The number of fused-ring (bicyclic) bond motifs is 2. The molecule has 29 heavy (non-hydrogen) atoms. The van der Waals surface area contributed by atoms with Gasteiger partial charge in [0, 0.05) is 11.6 Å². The highest BCUT2D eigenvalue weighted by Crippen LogP contribution is 2.37. The van der Waals surface area contributed by atoms with Crippen molar-refractivity contribution < 1.29 is 14.0 Å². The summed E-state index contributed by atoms with van der Waals surface area (Å²) in [4.78, 5) is 12.5. The summed E-state index contributed by atoms with van der Waals surface area (Å²) in [6.07, 6.45) is 0. The molecule has 0 atom stereocenters. The van der Waals surface area contributed by atoms with Gasteiger partial charge in [-0.3, -0.25) is 0 Å². The van der Waals surface area contributed by atoms with Crippen LogP contribution >= 0.6 is 0 Å². The molecule has 0 spiro atoms. The van der Waals surface area contributed by atoms with E-state index in [2.05, 4.69) is 50.4 Å². The minimum atomic E-state index is 0.139. The van der Waals surface area contributed by atoms with E-state index in [-0.39, 0.29) is 17.8 Å². The molecule has 142 valence electrons. The van der Waals surface area contributed by atoms with Gasteiger partial charge in [0.25, 0.3) is 0 Å². The van der Waals surface area contributed by atoms with Crippen LogP contribution in [0, 0.1) is 0 Å². The molecule has 0 radical (unpaired) electrons. The fraction of sp³-hybridized carbons (Fsp3) is 0.0909. The van der Waals surface area contributed by atoms with Crippen LogP contribution in [0.5, 0.6) is 12.0 Å². The van der Waals surface area contributed by atoms with Crippen LogP contribution < -0.4 is 9.47 Å². The lowest BCUT2D eigenvalue weighted by Gasteiger charge is -2.09. The smallest absolute Gasteiger partial charge is 0.323 e. The summed E-state index contributed by atoms with van der Waals surface area (Å²) in [6, 6.07) is 20.7. The van der Waals surface area contributed by atoms with E-state index in [1.54, 1.807) is 0 Å². The summed E-state index contributed by atoms with van der Waals surface area (Å²) in [7, 11) is 2.96. The second-order valence-corrected chi connectivity index (χ2v) is 6.40. The molecule has 2 aromatic heterocycles. The maximum Gasteiger partial charge on any atom is 0.323 e. The van der Waals surface area contributed by atoms with Gasteiger partial charge >= 0.3 is 12.0 Å². The summed E-state index contributed by atoms with van der Waals surface area (Å²) in [6.45, 7) is 0. The molecule has 0 aliphatic heterocycles. The Bertz CT molecular complexity index is 1270. The fourth-order valence-electron chi connectivity index (χ4n) is 3.42. The van der Waals surface area contributed by atoms with Crippen molar-refractivity contribution >= 4 is 21.5 Å². The van der Waals surface area contributed by atoms with Crippen LogP contribution in [0.3, 0.4) is 0 Å². The minimum absolute atomic E-state index is 0.139. The van der Waals surface area contributed by atoms with Crippen molar-refractivity contribution in [3.8, 4) is 34.9 Å². The van der Waals surface area contributed by atoms with Gasteiger partial charge in [0.2, 0.25) is 11.6 Å². The normalized spacial score (nSPS) is 11.1. The Balaban J connectivity index is 1.73. The third-order valence-corrected chi connectivity index (χ3v) is 4.72. The van der Waals surface area contributed by atoms with Crippen LogP contribution in [-0.4, -0.2) is 34.3 Å². The maximum absolute atomic E-state index is 5.59. The van der Waals surface area contributed by atoms with Crippen molar-refractivity contribution in [2.75, 3.05) is 14.2 Å². The number of methoxy groups -OCH3 is 2. The lowest BCUT2D eigenvalue weighted by molar-refractivity contribution is 0.339. The Labute approximate surface area is 165 Å². The highest BCUT2D eigenvalue weighted by atomic mass is 16.5. The number of ether oxygens (including phenoxy) is 2. The van der Waals surface area contributed by atoms with Gasteiger partial charge in [-0.05, 0) is 27.6 Å². The SMILES string of the molecule is COc1nc(OC)nc(-c2cc(-c3c4ccccc4cc4ccccc34)no2)n1. The van der Waals surface area contributed by atoms with Gasteiger partial charge in [-0.2, -0.15) is 9.97 Å². The molecule has 7 nitrogen and oxygen atoms in total. The number of aromatic nitrogens is 4. The molecular formula is C22H16N4O3. The number of hydrogen-bond acceptors (Lipinski definition) is 7.